The summed E-state index contributed by atoms with van der Waals surface area (Å²) in [6.45, 7) is 9.61. The number of anilines is 1. The molecule has 152 valence electrons. The maximum absolute atomic E-state index is 12.4. The standard InChI is InChI=1S/C22H23Br2N3O2/c1-5-27-19-7-6-14(8-16(19)13(2)11-22(27,3)4)12-25-26-21(29)17-9-15(23)10-18(24)20(17)28/h6-12,28H,5H2,1-4H3,(H,26,29)/b25-12-. The first-order valence-corrected chi connectivity index (χ1v) is 10.9. The zero-order chi connectivity index (χ0) is 21.3. The van der Waals surface area contributed by atoms with Gasteiger partial charge in [0.1, 0.15) is 5.75 Å². The monoisotopic (exact) mass is 519 g/mol. The summed E-state index contributed by atoms with van der Waals surface area (Å²) >= 11 is 6.53. The summed E-state index contributed by atoms with van der Waals surface area (Å²) in [6, 6.07) is 9.36. The number of benzene rings is 2. The Morgan fingerprint density at radius 1 is 1.28 bits per heavy atom. The minimum Gasteiger partial charge on any atom is -0.506 e. The van der Waals surface area contributed by atoms with E-state index in [1.165, 1.54) is 11.3 Å². The Morgan fingerprint density at radius 2 is 2.00 bits per heavy atom. The normalized spacial score (nSPS) is 15.2. The fraction of sp³-hybridized carbons (Fsp3) is 0.273. The highest BCUT2D eigenvalue weighted by atomic mass is 79.9. The van der Waals surface area contributed by atoms with Crippen LogP contribution in [0, 0.1) is 0 Å². The summed E-state index contributed by atoms with van der Waals surface area (Å²) in [5, 5.41) is 14.1. The van der Waals surface area contributed by atoms with Crippen LogP contribution in [-0.2, 0) is 0 Å². The van der Waals surface area contributed by atoms with Crippen molar-refractivity contribution in [2.75, 3.05) is 11.4 Å². The van der Waals surface area contributed by atoms with Crippen molar-refractivity contribution in [3.63, 3.8) is 0 Å². The molecule has 0 saturated heterocycles. The van der Waals surface area contributed by atoms with Crippen LogP contribution in [0.2, 0.25) is 0 Å². The van der Waals surface area contributed by atoms with Crippen LogP contribution >= 0.6 is 31.9 Å². The molecule has 1 amide bonds. The van der Waals surface area contributed by atoms with Gasteiger partial charge in [0.05, 0.1) is 21.8 Å². The number of likely N-dealkylation sites (N-methyl/N-ethyl adjacent to an activating group) is 1. The zero-order valence-corrected chi connectivity index (χ0v) is 19.9. The number of phenols is 1. The Bertz CT molecular complexity index is 1030. The van der Waals surface area contributed by atoms with Gasteiger partial charge in [0.25, 0.3) is 5.91 Å². The molecule has 0 atom stereocenters. The summed E-state index contributed by atoms with van der Waals surface area (Å²) < 4.78 is 1.11. The number of amides is 1. The number of aromatic hydroxyl groups is 1. The molecule has 2 aromatic rings. The minimum absolute atomic E-state index is 0.0321. The van der Waals surface area contributed by atoms with Crippen LogP contribution < -0.4 is 10.3 Å². The van der Waals surface area contributed by atoms with Crippen LogP contribution in [0.15, 0.2) is 50.5 Å². The molecule has 0 aliphatic carbocycles. The average Bonchev–Trinajstić information content (AvgIpc) is 2.64. The molecular weight excluding hydrogens is 498 g/mol. The van der Waals surface area contributed by atoms with Crippen molar-refractivity contribution in [1.29, 1.82) is 0 Å². The van der Waals surface area contributed by atoms with Gasteiger partial charge in [0.15, 0.2) is 0 Å². The maximum atomic E-state index is 12.4. The SMILES string of the molecule is CCN1c2ccc(/C=N\NC(=O)c3cc(Br)cc(Br)c3O)cc2C(C)=CC1(C)C. The number of allylic oxidation sites excluding steroid dienone is 1. The second kappa shape index (κ2) is 8.32. The first kappa shape index (κ1) is 21.6. The second-order valence-electron chi connectivity index (χ2n) is 7.48. The van der Waals surface area contributed by atoms with E-state index < -0.39 is 5.91 Å². The van der Waals surface area contributed by atoms with Crippen molar-refractivity contribution in [2.45, 2.75) is 33.2 Å². The fourth-order valence-electron chi connectivity index (χ4n) is 3.72. The maximum Gasteiger partial charge on any atom is 0.275 e. The summed E-state index contributed by atoms with van der Waals surface area (Å²) in [5.74, 6) is -0.619. The van der Waals surface area contributed by atoms with E-state index in [-0.39, 0.29) is 16.9 Å². The third kappa shape index (κ3) is 4.41. The third-order valence-electron chi connectivity index (χ3n) is 4.97. The first-order valence-electron chi connectivity index (χ1n) is 9.27. The number of hydrogen-bond donors (Lipinski definition) is 2. The van der Waals surface area contributed by atoms with Crippen LogP contribution in [0.1, 0.15) is 49.2 Å². The molecule has 2 N–H and O–H groups in total. The van der Waals surface area contributed by atoms with Crippen LogP contribution in [0.5, 0.6) is 5.75 Å². The number of phenolic OH excluding ortho intramolecular Hbond substituents is 1. The molecule has 1 aliphatic rings. The Hall–Kier alpha value is -2.12. The van der Waals surface area contributed by atoms with Gasteiger partial charge >= 0.3 is 0 Å². The van der Waals surface area contributed by atoms with Gasteiger partial charge in [-0.05, 0) is 79.0 Å². The lowest BCUT2D eigenvalue weighted by molar-refractivity contribution is 0.0952. The second-order valence-corrected chi connectivity index (χ2v) is 9.25. The Balaban J connectivity index is 1.81. The van der Waals surface area contributed by atoms with Gasteiger partial charge in [0.2, 0.25) is 0 Å². The van der Waals surface area contributed by atoms with E-state index in [4.69, 9.17) is 0 Å². The predicted octanol–water partition coefficient (Wildman–Crippen LogP) is 5.70. The number of hydrazone groups is 1. The highest BCUT2D eigenvalue weighted by Gasteiger charge is 2.29. The largest absolute Gasteiger partial charge is 0.506 e. The summed E-state index contributed by atoms with van der Waals surface area (Å²) in [5.41, 5.74) is 7.03. The molecule has 0 fully saturated rings. The Labute approximate surface area is 187 Å². The van der Waals surface area contributed by atoms with Crippen molar-refractivity contribution in [1.82, 2.24) is 5.43 Å². The predicted molar refractivity (Wildman–Crippen MR) is 126 cm³/mol. The smallest absolute Gasteiger partial charge is 0.275 e. The Morgan fingerprint density at radius 3 is 2.69 bits per heavy atom. The van der Waals surface area contributed by atoms with E-state index >= 15 is 0 Å². The van der Waals surface area contributed by atoms with Gasteiger partial charge < -0.3 is 10.0 Å². The number of halogens is 2. The highest BCUT2D eigenvalue weighted by molar-refractivity contribution is 9.11. The molecule has 1 heterocycles. The molecule has 0 spiro atoms. The molecule has 1 aliphatic heterocycles. The van der Waals surface area contributed by atoms with E-state index in [0.717, 1.165) is 17.7 Å². The minimum atomic E-state index is -0.492. The van der Waals surface area contributed by atoms with Gasteiger partial charge in [-0.2, -0.15) is 5.10 Å². The van der Waals surface area contributed by atoms with Crippen LogP contribution in [0.25, 0.3) is 5.57 Å². The number of nitrogens with zero attached hydrogens (tertiary/aromatic N) is 2. The number of carbonyl (C=O) groups excluding carboxylic acids is 1. The molecule has 0 bridgehead atoms. The third-order valence-corrected chi connectivity index (χ3v) is 6.03. The topological polar surface area (TPSA) is 64.9 Å². The lowest BCUT2D eigenvalue weighted by Crippen LogP contribution is -2.44. The first-order chi connectivity index (χ1) is 13.6. The van der Waals surface area contributed by atoms with E-state index in [0.29, 0.717) is 8.95 Å². The average molecular weight is 521 g/mol. The van der Waals surface area contributed by atoms with Gasteiger partial charge in [0, 0.05) is 22.3 Å². The van der Waals surface area contributed by atoms with Crippen LogP contribution in [-0.4, -0.2) is 29.3 Å². The van der Waals surface area contributed by atoms with Gasteiger partial charge in [-0.1, -0.05) is 28.1 Å². The molecular formula is C22H23Br2N3O2. The van der Waals surface area contributed by atoms with Crippen molar-refractivity contribution < 1.29 is 9.90 Å². The van der Waals surface area contributed by atoms with Crippen LogP contribution in [0.4, 0.5) is 5.69 Å². The molecule has 0 aromatic heterocycles. The van der Waals surface area contributed by atoms with E-state index in [2.05, 4.69) is 93.2 Å². The molecule has 5 nitrogen and oxygen atoms in total. The fourth-order valence-corrected chi connectivity index (χ4v) is 4.95. The molecule has 0 radical (unpaired) electrons. The summed E-state index contributed by atoms with van der Waals surface area (Å²) in [6.07, 6.45) is 3.88. The lowest BCUT2D eigenvalue weighted by Gasteiger charge is -2.42. The van der Waals surface area contributed by atoms with E-state index in [1.54, 1.807) is 18.3 Å². The zero-order valence-electron chi connectivity index (χ0n) is 16.8. The molecule has 2 aromatic carbocycles. The van der Waals surface area contributed by atoms with Crippen molar-refractivity contribution in [2.24, 2.45) is 5.10 Å². The summed E-state index contributed by atoms with van der Waals surface area (Å²) in [7, 11) is 0. The number of fused-ring (bicyclic) bond motifs is 1. The Kier molecular flexibility index (Phi) is 6.19. The molecule has 0 saturated carbocycles. The van der Waals surface area contributed by atoms with Gasteiger partial charge in [-0.25, -0.2) is 5.43 Å². The lowest BCUT2D eigenvalue weighted by atomic mass is 9.88. The van der Waals surface area contributed by atoms with Crippen molar-refractivity contribution in [3.05, 3.63) is 62.0 Å². The molecule has 3 rings (SSSR count). The molecule has 0 unspecified atom stereocenters. The van der Waals surface area contributed by atoms with E-state index in [1.807, 2.05) is 6.07 Å². The molecule has 29 heavy (non-hydrogen) atoms. The molecule has 7 heteroatoms. The van der Waals surface area contributed by atoms with Crippen LogP contribution in [0.3, 0.4) is 0 Å². The van der Waals surface area contributed by atoms with Crippen molar-refractivity contribution in [3.8, 4) is 5.75 Å². The number of rotatable bonds is 4. The quantitative estimate of drug-likeness (QED) is 0.401. The van der Waals surface area contributed by atoms with E-state index in [9.17, 15) is 9.90 Å². The number of carbonyl (C=O) groups is 1. The number of hydrogen-bond acceptors (Lipinski definition) is 4. The van der Waals surface area contributed by atoms with Crippen molar-refractivity contribution >= 4 is 55.2 Å². The van der Waals surface area contributed by atoms with Gasteiger partial charge in [-0.3, -0.25) is 4.79 Å². The number of nitrogens with one attached hydrogen (secondary N) is 1. The van der Waals surface area contributed by atoms with Gasteiger partial charge in [-0.15, -0.1) is 0 Å². The highest BCUT2D eigenvalue weighted by Crippen LogP contribution is 2.38. The summed E-state index contributed by atoms with van der Waals surface area (Å²) in [4.78, 5) is 14.7.